The summed E-state index contributed by atoms with van der Waals surface area (Å²) in [6.07, 6.45) is 43.0. The molecule has 0 aliphatic carbocycles. The molecule has 11 heteroatoms. The second-order valence-corrected chi connectivity index (χ2v) is 15.2. The molecular weight excluding hydrogens is 693 g/mol. The Kier molecular flexibility index (Phi) is 36.7. The molecule has 10 nitrogen and oxygen atoms in total. The Balaban J connectivity index is 4.31. The van der Waals surface area contributed by atoms with Crippen molar-refractivity contribution in [3.05, 3.63) is 48.6 Å². The number of carboxylic acids is 1. The Morgan fingerprint density at radius 3 is 1.66 bits per heavy atom. The summed E-state index contributed by atoms with van der Waals surface area (Å²) in [5, 5.41) is 8.88. The van der Waals surface area contributed by atoms with Crippen LogP contribution in [-0.4, -0.2) is 60.5 Å². The van der Waals surface area contributed by atoms with Crippen LogP contribution in [0.4, 0.5) is 0 Å². The van der Waals surface area contributed by atoms with Crippen LogP contribution in [0, 0.1) is 0 Å². The third-order valence-corrected chi connectivity index (χ3v) is 9.54. The molecule has 308 valence electrons. The van der Waals surface area contributed by atoms with Gasteiger partial charge < -0.3 is 25.2 Å². The van der Waals surface area contributed by atoms with E-state index in [0.29, 0.717) is 13.0 Å². The summed E-state index contributed by atoms with van der Waals surface area (Å²) < 4.78 is 33.3. The van der Waals surface area contributed by atoms with Crippen molar-refractivity contribution in [2.75, 3.05) is 26.4 Å². The van der Waals surface area contributed by atoms with E-state index in [4.69, 9.17) is 29.4 Å². The zero-order valence-electron chi connectivity index (χ0n) is 33.3. The summed E-state index contributed by atoms with van der Waals surface area (Å²) in [7, 11) is -4.62. The monoisotopic (exact) mass is 770 g/mol. The van der Waals surface area contributed by atoms with Crippen LogP contribution < -0.4 is 5.73 Å². The number of nitrogens with two attached hydrogens (primary N) is 1. The average molecular weight is 770 g/mol. The minimum atomic E-state index is -4.62. The number of ether oxygens (including phenoxy) is 2. The number of rotatable bonds is 39. The number of esters is 1. The van der Waals surface area contributed by atoms with E-state index in [2.05, 4.69) is 62.5 Å². The largest absolute Gasteiger partial charge is 0.480 e. The number of hydrogen-bond acceptors (Lipinski definition) is 8. The summed E-state index contributed by atoms with van der Waals surface area (Å²) in [5.74, 6) is -1.80. The number of carbonyl (C=O) groups excluding carboxylic acids is 1. The lowest BCUT2D eigenvalue weighted by Gasteiger charge is -2.20. The van der Waals surface area contributed by atoms with E-state index in [1.54, 1.807) is 0 Å². The first-order valence-corrected chi connectivity index (χ1v) is 22.2. The van der Waals surface area contributed by atoms with Gasteiger partial charge in [-0.15, -0.1) is 0 Å². The fourth-order valence-corrected chi connectivity index (χ4v) is 6.15. The summed E-state index contributed by atoms with van der Waals surface area (Å²) in [6, 6.07) is -1.48. The molecule has 0 aromatic carbocycles. The molecule has 0 amide bonds. The van der Waals surface area contributed by atoms with E-state index in [0.717, 1.165) is 77.0 Å². The van der Waals surface area contributed by atoms with Gasteiger partial charge in [-0.2, -0.15) is 0 Å². The molecule has 0 aliphatic heterocycles. The van der Waals surface area contributed by atoms with Gasteiger partial charge in [-0.05, 0) is 70.6 Å². The molecule has 0 aliphatic rings. The van der Waals surface area contributed by atoms with Crippen molar-refractivity contribution < 1.29 is 42.7 Å². The predicted octanol–water partition coefficient (Wildman–Crippen LogP) is 11.1. The summed E-state index contributed by atoms with van der Waals surface area (Å²) >= 11 is 0. The maximum absolute atomic E-state index is 12.6. The fourth-order valence-electron chi connectivity index (χ4n) is 5.38. The molecule has 53 heavy (non-hydrogen) atoms. The number of allylic oxidation sites excluding steroid dienone is 8. The Morgan fingerprint density at radius 2 is 1.09 bits per heavy atom. The molecule has 0 saturated carbocycles. The van der Waals surface area contributed by atoms with Gasteiger partial charge in [0.2, 0.25) is 0 Å². The molecule has 0 radical (unpaired) electrons. The molecule has 0 aromatic heterocycles. The first-order valence-electron chi connectivity index (χ1n) is 20.7. The first-order chi connectivity index (χ1) is 25.7. The van der Waals surface area contributed by atoms with Crippen molar-refractivity contribution in [1.29, 1.82) is 0 Å². The Bertz CT molecular complexity index is 1030. The van der Waals surface area contributed by atoms with Crippen LogP contribution in [0.5, 0.6) is 0 Å². The molecule has 0 bridgehead atoms. The zero-order valence-corrected chi connectivity index (χ0v) is 34.2. The smallest absolute Gasteiger partial charge is 0.472 e. The average Bonchev–Trinajstić information content (AvgIpc) is 3.13. The molecule has 0 heterocycles. The molecule has 0 rings (SSSR count). The maximum Gasteiger partial charge on any atom is 0.472 e. The number of aliphatic carboxylic acids is 1. The highest BCUT2D eigenvalue weighted by atomic mass is 31.2. The van der Waals surface area contributed by atoms with Gasteiger partial charge in [0.1, 0.15) is 12.1 Å². The quantitative estimate of drug-likeness (QED) is 0.0238. The number of carboxylic acid groups (broad SMARTS) is 1. The Morgan fingerprint density at radius 1 is 0.623 bits per heavy atom. The summed E-state index contributed by atoms with van der Waals surface area (Å²) in [5.41, 5.74) is 5.34. The second kappa shape index (κ2) is 38.2. The first kappa shape index (κ1) is 50.9. The van der Waals surface area contributed by atoms with E-state index < -0.39 is 45.1 Å². The number of unbranched alkanes of at least 4 members (excludes halogenated alkanes) is 17. The number of hydrogen-bond donors (Lipinski definition) is 3. The zero-order chi connectivity index (χ0) is 39.1. The van der Waals surface area contributed by atoms with Gasteiger partial charge in [0.25, 0.3) is 0 Å². The van der Waals surface area contributed by atoms with Crippen molar-refractivity contribution in [3.63, 3.8) is 0 Å². The van der Waals surface area contributed by atoms with E-state index in [1.807, 2.05) is 0 Å². The highest BCUT2D eigenvalue weighted by Crippen LogP contribution is 2.43. The second-order valence-electron chi connectivity index (χ2n) is 13.7. The molecule has 0 spiro atoms. The fraction of sp³-hybridized carbons (Fsp3) is 0.762. The van der Waals surface area contributed by atoms with Crippen molar-refractivity contribution in [2.24, 2.45) is 5.73 Å². The van der Waals surface area contributed by atoms with E-state index >= 15 is 0 Å². The van der Waals surface area contributed by atoms with Crippen LogP contribution in [0.25, 0.3) is 0 Å². The Labute approximate surface area is 322 Å². The lowest BCUT2D eigenvalue weighted by atomic mass is 10.1. The summed E-state index contributed by atoms with van der Waals surface area (Å²) in [4.78, 5) is 33.5. The van der Waals surface area contributed by atoms with Gasteiger partial charge in [0.05, 0.1) is 19.8 Å². The SMILES string of the molecule is CC/C=C\C/C=C\C/C=C\CCCCCCCC(=O)OC(COCCCCCCCC/C=C\CCCCCCCC)COP(=O)(O)OCC(N)C(=O)O. The minimum Gasteiger partial charge on any atom is -0.480 e. The van der Waals surface area contributed by atoms with Crippen molar-refractivity contribution in [1.82, 2.24) is 0 Å². The third-order valence-electron chi connectivity index (χ3n) is 8.59. The third kappa shape index (κ3) is 38.0. The van der Waals surface area contributed by atoms with Crippen molar-refractivity contribution in [2.45, 2.75) is 180 Å². The normalized spacial score (nSPS) is 14.5. The van der Waals surface area contributed by atoms with Crippen LogP contribution in [0.3, 0.4) is 0 Å². The van der Waals surface area contributed by atoms with Gasteiger partial charge >= 0.3 is 19.8 Å². The molecule has 0 saturated heterocycles. The van der Waals surface area contributed by atoms with Gasteiger partial charge in [-0.1, -0.05) is 140 Å². The molecule has 0 aromatic rings. The minimum absolute atomic E-state index is 0.00463. The maximum atomic E-state index is 12.6. The highest BCUT2D eigenvalue weighted by Gasteiger charge is 2.27. The molecular formula is C42H76NO9P. The standard InChI is InChI=1S/C42H76NO9P/c1-3-5-7-9-11-13-15-17-19-21-23-25-27-29-31-33-35-49-36-39(37-50-53(47,48)51-38-40(43)42(45)46)52-41(44)34-32-30-28-26-24-22-20-18-16-14-12-10-8-6-4-2/h6,8,12,14,17-20,39-40H,3-5,7,9-11,13,15-16,21-38,43H2,1-2H3,(H,45,46)(H,47,48)/b8-6-,14-12-,19-17-,20-18-. The van der Waals surface area contributed by atoms with Crippen LogP contribution in [-0.2, 0) is 32.7 Å². The van der Waals surface area contributed by atoms with Gasteiger partial charge in [-0.25, -0.2) is 4.57 Å². The predicted molar refractivity (Wildman–Crippen MR) is 217 cm³/mol. The van der Waals surface area contributed by atoms with Crippen molar-refractivity contribution in [3.8, 4) is 0 Å². The topological polar surface area (TPSA) is 155 Å². The van der Waals surface area contributed by atoms with Crippen LogP contribution in [0.1, 0.15) is 168 Å². The van der Waals surface area contributed by atoms with Gasteiger partial charge in [-0.3, -0.25) is 18.6 Å². The lowest BCUT2D eigenvalue weighted by Crippen LogP contribution is -2.34. The van der Waals surface area contributed by atoms with Crippen LogP contribution in [0.15, 0.2) is 48.6 Å². The summed E-state index contributed by atoms with van der Waals surface area (Å²) in [6.45, 7) is 3.72. The lowest BCUT2D eigenvalue weighted by molar-refractivity contribution is -0.154. The van der Waals surface area contributed by atoms with Crippen LogP contribution in [0.2, 0.25) is 0 Å². The molecule has 0 fully saturated rings. The van der Waals surface area contributed by atoms with Gasteiger partial charge in [0, 0.05) is 13.0 Å². The number of phosphoric ester groups is 1. The Hall–Kier alpha value is -2.07. The number of carbonyl (C=O) groups is 2. The highest BCUT2D eigenvalue weighted by molar-refractivity contribution is 7.47. The van der Waals surface area contributed by atoms with Gasteiger partial charge in [0.15, 0.2) is 0 Å². The number of phosphoric acid groups is 1. The van der Waals surface area contributed by atoms with Crippen molar-refractivity contribution >= 4 is 19.8 Å². The molecule has 4 N–H and O–H groups in total. The van der Waals surface area contributed by atoms with E-state index in [9.17, 15) is 19.0 Å². The molecule has 3 unspecified atom stereocenters. The van der Waals surface area contributed by atoms with E-state index in [1.165, 1.54) is 64.2 Å². The molecule has 3 atom stereocenters. The van der Waals surface area contributed by atoms with Crippen LogP contribution >= 0.6 is 7.82 Å². The van der Waals surface area contributed by atoms with E-state index in [-0.39, 0.29) is 13.0 Å².